The Morgan fingerprint density at radius 1 is 1.40 bits per heavy atom. The summed E-state index contributed by atoms with van der Waals surface area (Å²) in [4.78, 5) is 37.7. The first-order valence-corrected chi connectivity index (χ1v) is 8.30. The smallest absolute Gasteiger partial charge is 0.414 e. The number of fused-ring (bicyclic) bond motifs is 1. The van der Waals surface area contributed by atoms with Crippen LogP contribution in [0.5, 0.6) is 0 Å². The van der Waals surface area contributed by atoms with Crippen molar-refractivity contribution in [1.29, 1.82) is 0 Å². The van der Waals surface area contributed by atoms with E-state index in [1.807, 2.05) is 13.0 Å². The SMILES string of the molecule is CCC(=O)NC[C@H]1CN(c2ccc3c(c2)C[C@@H](C)N3C(=O)O)C(=O)O1. The molecular formula is C17H21N3O5. The molecule has 3 amide bonds. The Labute approximate surface area is 145 Å². The molecule has 0 spiro atoms. The van der Waals surface area contributed by atoms with Crippen molar-refractivity contribution in [3.05, 3.63) is 23.8 Å². The fourth-order valence-electron chi connectivity index (χ4n) is 3.27. The van der Waals surface area contributed by atoms with Gasteiger partial charge in [-0.05, 0) is 37.1 Å². The molecule has 8 heteroatoms. The highest BCUT2D eigenvalue weighted by Crippen LogP contribution is 2.35. The fourth-order valence-corrected chi connectivity index (χ4v) is 3.27. The van der Waals surface area contributed by atoms with E-state index in [0.717, 1.165) is 5.56 Å². The van der Waals surface area contributed by atoms with Crippen LogP contribution in [0, 0.1) is 0 Å². The molecule has 0 aliphatic carbocycles. The summed E-state index contributed by atoms with van der Waals surface area (Å²) >= 11 is 0. The number of hydrogen-bond donors (Lipinski definition) is 2. The second kappa shape index (κ2) is 6.62. The van der Waals surface area contributed by atoms with Crippen LogP contribution in [0.4, 0.5) is 21.0 Å². The lowest BCUT2D eigenvalue weighted by Crippen LogP contribution is -2.34. The van der Waals surface area contributed by atoms with Crippen molar-refractivity contribution in [2.24, 2.45) is 0 Å². The van der Waals surface area contributed by atoms with E-state index in [0.29, 0.717) is 30.8 Å². The predicted molar refractivity (Wildman–Crippen MR) is 91.0 cm³/mol. The summed E-state index contributed by atoms with van der Waals surface area (Å²) in [5.41, 5.74) is 2.22. The number of nitrogens with one attached hydrogen (secondary N) is 1. The Hall–Kier alpha value is -2.77. The third kappa shape index (κ3) is 3.24. The minimum absolute atomic E-state index is 0.0882. The lowest BCUT2D eigenvalue weighted by Gasteiger charge is -2.19. The zero-order valence-electron chi connectivity index (χ0n) is 14.2. The number of hydrogen-bond acceptors (Lipinski definition) is 4. The molecule has 1 fully saturated rings. The number of carbonyl (C=O) groups is 3. The highest BCUT2D eigenvalue weighted by molar-refractivity contribution is 5.93. The topological polar surface area (TPSA) is 99.2 Å². The molecule has 0 saturated carbocycles. The number of anilines is 2. The zero-order valence-corrected chi connectivity index (χ0v) is 14.2. The maximum atomic E-state index is 12.1. The molecule has 2 heterocycles. The molecule has 1 saturated heterocycles. The van der Waals surface area contributed by atoms with E-state index in [4.69, 9.17) is 4.74 Å². The lowest BCUT2D eigenvalue weighted by molar-refractivity contribution is -0.121. The first-order valence-electron chi connectivity index (χ1n) is 8.30. The summed E-state index contributed by atoms with van der Waals surface area (Å²) in [7, 11) is 0. The highest BCUT2D eigenvalue weighted by Gasteiger charge is 2.35. The van der Waals surface area contributed by atoms with Gasteiger partial charge < -0.3 is 15.2 Å². The molecule has 0 bridgehead atoms. The molecule has 3 rings (SSSR count). The third-order valence-electron chi connectivity index (χ3n) is 4.52. The predicted octanol–water partition coefficient (Wildman–Crippen LogP) is 1.97. The van der Waals surface area contributed by atoms with E-state index in [1.165, 1.54) is 9.80 Å². The molecule has 134 valence electrons. The van der Waals surface area contributed by atoms with Crippen molar-refractivity contribution in [2.75, 3.05) is 22.9 Å². The third-order valence-corrected chi connectivity index (χ3v) is 4.52. The van der Waals surface area contributed by atoms with Crippen LogP contribution in [0.3, 0.4) is 0 Å². The largest absolute Gasteiger partial charge is 0.465 e. The molecule has 2 aliphatic rings. The van der Waals surface area contributed by atoms with E-state index >= 15 is 0 Å². The Morgan fingerprint density at radius 3 is 2.84 bits per heavy atom. The molecule has 1 aromatic carbocycles. The van der Waals surface area contributed by atoms with Crippen LogP contribution in [-0.4, -0.2) is 48.4 Å². The number of carboxylic acid groups (broad SMARTS) is 1. The number of ether oxygens (including phenoxy) is 1. The Bertz CT molecular complexity index is 720. The Kier molecular flexibility index (Phi) is 4.52. The van der Waals surface area contributed by atoms with Crippen LogP contribution in [0.1, 0.15) is 25.8 Å². The number of carbonyl (C=O) groups excluding carboxylic acids is 2. The summed E-state index contributed by atoms with van der Waals surface area (Å²) in [6.07, 6.45) is -0.851. The van der Waals surface area contributed by atoms with Gasteiger partial charge in [0.25, 0.3) is 0 Å². The number of cyclic esters (lactones) is 1. The van der Waals surface area contributed by atoms with E-state index in [9.17, 15) is 19.5 Å². The second-order valence-electron chi connectivity index (χ2n) is 6.29. The van der Waals surface area contributed by atoms with Gasteiger partial charge in [-0.3, -0.25) is 14.6 Å². The Balaban J connectivity index is 1.73. The first-order chi connectivity index (χ1) is 11.9. The van der Waals surface area contributed by atoms with Gasteiger partial charge in [0.05, 0.1) is 18.8 Å². The summed E-state index contributed by atoms with van der Waals surface area (Å²) < 4.78 is 5.29. The van der Waals surface area contributed by atoms with Crippen LogP contribution < -0.4 is 15.1 Å². The summed E-state index contributed by atoms with van der Waals surface area (Å²) in [5.74, 6) is -0.0882. The van der Waals surface area contributed by atoms with Crippen LogP contribution in [0.15, 0.2) is 18.2 Å². The fraction of sp³-hybridized carbons (Fsp3) is 0.471. The Morgan fingerprint density at radius 2 is 2.16 bits per heavy atom. The molecule has 25 heavy (non-hydrogen) atoms. The van der Waals surface area contributed by atoms with Crippen molar-refractivity contribution in [1.82, 2.24) is 5.32 Å². The molecule has 2 N–H and O–H groups in total. The van der Waals surface area contributed by atoms with Gasteiger partial charge in [-0.1, -0.05) is 6.92 Å². The monoisotopic (exact) mass is 347 g/mol. The number of nitrogens with zero attached hydrogens (tertiary/aromatic N) is 2. The number of rotatable bonds is 4. The van der Waals surface area contributed by atoms with Gasteiger partial charge in [-0.15, -0.1) is 0 Å². The van der Waals surface area contributed by atoms with Gasteiger partial charge in [0.2, 0.25) is 5.91 Å². The van der Waals surface area contributed by atoms with Crippen molar-refractivity contribution in [2.45, 2.75) is 38.8 Å². The van der Waals surface area contributed by atoms with Gasteiger partial charge in [0.1, 0.15) is 6.10 Å². The summed E-state index contributed by atoms with van der Waals surface area (Å²) in [5, 5.41) is 12.0. The van der Waals surface area contributed by atoms with E-state index in [-0.39, 0.29) is 18.5 Å². The lowest BCUT2D eigenvalue weighted by atomic mass is 10.1. The van der Waals surface area contributed by atoms with Crippen LogP contribution in [0.25, 0.3) is 0 Å². The minimum atomic E-state index is -0.980. The maximum absolute atomic E-state index is 12.1. The van der Waals surface area contributed by atoms with Gasteiger partial charge in [0, 0.05) is 18.2 Å². The molecule has 8 nitrogen and oxygen atoms in total. The van der Waals surface area contributed by atoms with Gasteiger partial charge in [-0.2, -0.15) is 0 Å². The van der Waals surface area contributed by atoms with E-state index in [2.05, 4.69) is 5.32 Å². The van der Waals surface area contributed by atoms with Crippen molar-refractivity contribution < 1.29 is 24.2 Å². The van der Waals surface area contributed by atoms with Gasteiger partial charge in [0.15, 0.2) is 0 Å². The van der Waals surface area contributed by atoms with Gasteiger partial charge in [-0.25, -0.2) is 9.59 Å². The van der Waals surface area contributed by atoms with Crippen LogP contribution >= 0.6 is 0 Å². The maximum Gasteiger partial charge on any atom is 0.414 e. The van der Waals surface area contributed by atoms with Crippen molar-refractivity contribution >= 4 is 29.5 Å². The van der Waals surface area contributed by atoms with Crippen LogP contribution in [-0.2, 0) is 16.0 Å². The average molecular weight is 347 g/mol. The summed E-state index contributed by atoms with van der Waals surface area (Å²) in [6, 6.07) is 5.15. The van der Waals surface area contributed by atoms with E-state index in [1.54, 1.807) is 19.1 Å². The minimum Gasteiger partial charge on any atom is -0.465 e. The average Bonchev–Trinajstić information content (AvgIpc) is 3.10. The molecule has 0 unspecified atom stereocenters. The van der Waals surface area contributed by atoms with Crippen LogP contribution in [0.2, 0.25) is 0 Å². The zero-order chi connectivity index (χ0) is 18.1. The number of amides is 3. The molecule has 2 aliphatic heterocycles. The van der Waals surface area contributed by atoms with Crippen molar-refractivity contribution in [3.8, 4) is 0 Å². The molecule has 0 aromatic heterocycles. The standard InChI is InChI=1S/C17H21N3O5/c1-3-15(21)18-8-13-9-19(17(24)25-13)12-4-5-14-11(7-12)6-10(2)20(14)16(22)23/h4-5,7,10,13H,3,6,8-9H2,1-2H3,(H,18,21)(H,22,23)/t10-,13+/m1/s1. The van der Waals surface area contributed by atoms with Gasteiger partial charge >= 0.3 is 12.2 Å². The normalized spacial score (nSPS) is 21.9. The molecule has 1 aromatic rings. The molecule has 2 atom stereocenters. The highest BCUT2D eigenvalue weighted by atomic mass is 16.6. The van der Waals surface area contributed by atoms with Crippen molar-refractivity contribution in [3.63, 3.8) is 0 Å². The molecular weight excluding hydrogens is 326 g/mol. The number of benzene rings is 1. The quantitative estimate of drug-likeness (QED) is 0.867. The second-order valence-corrected chi connectivity index (χ2v) is 6.29. The molecule has 0 radical (unpaired) electrons. The van der Waals surface area contributed by atoms with E-state index < -0.39 is 18.3 Å². The summed E-state index contributed by atoms with van der Waals surface area (Å²) in [6.45, 7) is 4.24. The first kappa shape index (κ1) is 17.1.